The molecule has 134 valence electrons. The van der Waals surface area contributed by atoms with Gasteiger partial charge in [-0.25, -0.2) is 4.98 Å². The van der Waals surface area contributed by atoms with E-state index in [2.05, 4.69) is 27.5 Å². The van der Waals surface area contributed by atoms with Crippen molar-refractivity contribution >= 4 is 33.1 Å². The van der Waals surface area contributed by atoms with Crippen molar-refractivity contribution in [3.63, 3.8) is 0 Å². The lowest BCUT2D eigenvalue weighted by atomic mass is 9.99. The maximum atomic E-state index is 12.7. The number of hydrogen-bond donors (Lipinski definition) is 1. The molecular weight excluding hydrogens is 342 g/mol. The molecule has 0 bridgehead atoms. The molecule has 1 fully saturated rings. The number of fused-ring (bicyclic) bond motifs is 1. The molecule has 1 N–H and O–H groups in total. The highest BCUT2D eigenvalue weighted by atomic mass is 32.1. The Balaban J connectivity index is 1.44. The van der Waals surface area contributed by atoms with E-state index in [0.717, 1.165) is 42.0 Å². The maximum absolute atomic E-state index is 12.7. The van der Waals surface area contributed by atoms with Gasteiger partial charge in [0.15, 0.2) is 5.13 Å². The zero-order chi connectivity index (χ0) is 17.9. The highest BCUT2D eigenvalue weighted by Gasteiger charge is 2.17. The predicted molar refractivity (Wildman–Crippen MR) is 108 cm³/mol. The van der Waals surface area contributed by atoms with Crippen molar-refractivity contribution in [1.82, 2.24) is 9.88 Å². The first kappa shape index (κ1) is 17.2. The van der Waals surface area contributed by atoms with Gasteiger partial charge in [0.25, 0.3) is 5.91 Å². The number of amides is 1. The van der Waals surface area contributed by atoms with Gasteiger partial charge in [0.2, 0.25) is 0 Å². The third-order valence-corrected chi connectivity index (χ3v) is 5.87. The van der Waals surface area contributed by atoms with E-state index in [0.29, 0.717) is 10.7 Å². The van der Waals surface area contributed by atoms with Crippen LogP contribution in [-0.2, 0) is 6.54 Å². The van der Waals surface area contributed by atoms with Crippen LogP contribution in [0.1, 0.15) is 35.8 Å². The highest BCUT2D eigenvalue weighted by molar-refractivity contribution is 7.14. The Hall–Kier alpha value is -2.24. The number of aromatic nitrogens is 1. The van der Waals surface area contributed by atoms with Gasteiger partial charge in [0.1, 0.15) is 0 Å². The van der Waals surface area contributed by atoms with Crippen LogP contribution in [0.4, 0.5) is 5.13 Å². The highest BCUT2D eigenvalue weighted by Crippen LogP contribution is 2.23. The minimum atomic E-state index is -0.102. The molecule has 0 radical (unpaired) electrons. The molecule has 0 aliphatic carbocycles. The second kappa shape index (κ2) is 7.56. The number of carbonyl (C=O) groups excluding carboxylic acids is 1. The first-order chi connectivity index (χ1) is 12.7. The van der Waals surface area contributed by atoms with E-state index in [-0.39, 0.29) is 5.91 Å². The minimum Gasteiger partial charge on any atom is -0.298 e. The predicted octanol–water partition coefficient (Wildman–Crippen LogP) is 4.78. The minimum absolute atomic E-state index is 0.102. The molecule has 1 aliphatic rings. The van der Waals surface area contributed by atoms with Gasteiger partial charge < -0.3 is 0 Å². The monoisotopic (exact) mass is 365 g/mol. The summed E-state index contributed by atoms with van der Waals surface area (Å²) >= 11 is 1.50. The van der Waals surface area contributed by atoms with Gasteiger partial charge in [-0.3, -0.25) is 15.0 Å². The van der Waals surface area contributed by atoms with E-state index in [9.17, 15) is 4.79 Å². The Morgan fingerprint density at radius 1 is 1.19 bits per heavy atom. The van der Waals surface area contributed by atoms with Crippen molar-refractivity contribution in [2.24, 2.45) is 5.92 Å². The average Bonchev–Trinajstić information content (AvgIpc) is 3.10. The summed E-state index contributed by atoms with van der Waals surface area (Å²) in [4.78, 5) is 19.8. The summed E-state index contributed by atoms with van der Waals surface area (Å²) in [7, 11) is 0. The number of nitrogens with zero attached hydrogens (tertiary/aromatic N) is 2. The molecule has 0 unspecified atom stereocenters. The molecule has 26 heavy (non-hydrogen) atoms. The van der Waals surface area contributed by atoms with Crippen molar-refractivity contribution < 1.29 is 4.79 Å². The summed E-state index contributed by atoms with van der Waals surface area (Å²) in [5.74, 6) is 0.728. The number of hydrogen-bond acceptors (Lipinski definition) is 4. The zero-order valence-electron chi connectivity index (χ0n) is 14.9. The lowest BCUT2D eigenvalue weighted by Gasteiger charge is -2.29. The van der Waals surface area contributed by atoms with E-state index in [4.69, 9.17) is 0 Å². The fourth-order valence-electron chi connectivity index (χ4n) is 3.47. The van der Waals surface area contributed by atoms with Gasteiger partial charge in [-0.15, -0.1) is 11.3 Å². The van der Waals surface area contributed by atoms with Gasteiger partial charge in [-0.05, 0) is 48.7 Å². The van der Waals surface area contributed by atoms with Crippen molar-refractivity contribution in [2.45, 2.75) is 26.3 Å². The molecule has 2 aromatic carbocycles. The van der Waals surface area contributed by atoms with Crippen molar-refractivity contribution in [3.05, 3.63) is 59.1 Å². The van der Waals surface area contributed by atoms with Crippen LogP contribution in [0.5, 0.6) is 0 Å². The number of anilines is 1. The largest absolute Gasteiger partial charge is 0.298 e. The molecule has 0 saturated carbocycles. The topological polar surface area (TPSA) is 45.2 Å². The Bertz CT molecular complexity index is 907. The standard InChI is InChI=1S/C21H23N3OS/c1-15-9-11-24(12-10-15)13-17-14-26-21(22-17)23-20(25)19-8-4-6-16-5-2-3-7-18(16)19/h2-8,14-15H,9-13H2,1H3,(H,22,23,25). The molecule has 1 aliphatic heterocycles. The van der Waals surface area contributed by atoms with Gasteiger partial charge in [0, 0.05) is 17.5 Å². The van der Waals surface area contributed by atoms with E-state index >= 15 is 0 Å². The van der Waals surface area contributed by atoms with E-state index in [1.165, 1.54) is 24.2 Å². The molecule has 4 rings (SSSR count). The lowest BCUT2D eigenvalue weighted by molar-refractivity contribution is 0.102. The molecule has 5 heteroatoms. The van der Waals surface area contributed by atoms with E-state index < -0.39 is 0 Å². The molecule has 3 aromatic rings. The number of piperidine rings is 1. The summed E-state index contributed by atoms with van der Waals surface area (Å²) in [5.41, 5.74) is 1.72. The van der Waals surface area contributed by atoms with Crippen LogP contribution in [-0.4, -0.2) is 28.9 Å². The average molecular weight is 366 g/mol. The third-order valence-electron chi connectivity index (χ3n) is 5.07. The molecule has 2 heterocycles. The summed E-state index contributed by atoms with van der Waals surface area (Å²) in [5, 5.41) is 7.72. The smallest absolute Gasteiger partial charge is 0.258 e. The van der Waals surface area contributed by atoms with E-state index in [1.807, 2.05) is 42.5 Å². The van der Waals surface area contributed by atoms with Gasteiger partial charge in [-0.1, -0.05) is 43.3 Å². The number of nitrogens with one attached hydrogen (secondary N) is 1. The van der Waals surface area contributed by atoms with Crippen LogP contribution in [0.2, 0.25) is 0 Å². The Morgan fingerprint density at radius 3 is 2.81 bits per heavy atom. The van der Waals surface area contributed by atoms with Gasteiger partial charge in [-0.2, -0.15) is 0 Å². The number of likely N-dealkylation sites (tertiary alicyclic amines) is 1. The van der Waals surface area contributed by atoms with Crippen molar-refractivity contribution in [3.8, 4) is 0 Å². The second-order valence-corrected chi connectivity index (χ2v) is 7.94. The van der Waals surface area contributed by atoms with Crippen LogP contribution in [0.15, 0.2) is 47.8 Å². The molecular formula is C21H23N3OS. The molecule has 0 spiro atoms. The normalized spacial score (nSPS) is 16.0. The quantitative estimate of drug-likeness (QED) is 0.724. The first-order valence-corrected chi connectivity index (χ1v) is 10.0. The Morgan fingerprint density at radius 2 is 1.96 bits per heavy atom. The van der Waals surface area contributed by atoms with Gasteiger partial charge in [0.05, 0.1) is 5.69 Å². The lowest BCUT2D eigenvalue weighted by Crippen LogP contribution is -2.32. The zero-order valence-corrected chi connectivity index (χ0v) is 15.8. The summed E-state index contributed by atoms with van der Waals surface area (Å²) in [6.07, 6.45) is 2.52. The van der Waals surface area contributed by atoms with Gasteiger partial charge >= 0.3 is 0 Å². The first-order valence-electron chi connectivity index (χ1n) is 9.15. The van der Waals surface area contributed by atoms with E-state index in [1.54, 1.807) is 0 Å². The van der Waals surface area contributed by atoms with Crippen LogP contribution in [0, 0.1) is 5.92 Å². The Kier molecular flexibility index (Phi) is 5.00. The summed E-state index contributed by atoms with van der Waals surface area (Å²) in [6.45, 7) is 5.46. The Labute approximate surface area is 157 Å². The molecule has 1 aromatic heterocycles. The van der Waals surface area contributed by atoms with Crippen molar-refractivity contribution in [2.75, 3.05) is 18.4 Å². The number of benzene rings is 2. The maximum Gasteiger partial charge on any atom is 0.258 e. The SMILES string of the molecule is CC1CCN(Cc2csc(NC(=O)c3cccc4ccccc34)n2)CC1. The molecule has 1 saturated heterocycles. The van der Waals surface area contributed by atoms with Crippen LogP contribution >= 0.6 is 11.3 Å². The molecule has 1 amide bonds. The van der Waals surface area contributed by atoms with Crippen LogP contribution < -0.4 is 5.32 Å². The fourth-order valence-corrected chi connectivity index (χ4v) is 4.17. The summed E-state index contributed by atoms with van der Waals surface area (Å²) in [6, 6.07) is 13.7. The van der Waals surface area contributed by atoms with Crippen LogP contribution in [0.25, 0.3) is 10.8 Å². The molecule has 4 nitrogen and oxygen atoms in total. The number of rotatable bonds is 4. The molecule has 0 atom stereocenters. The number of thiazole rings is 1. The number of carbonyl (C=O) groups is 1. The third kappa shape index (κ3) is 3.79. The summed E-state index contributed by atoms with van der Waals surface area (Å²) < 4.78 is 0. The second-order valence-electron chi connectivity index (χ2n) is 7.08. The fraction of sp³-hybridized carbons (Fsp3) is 0.333. The van der Waals surface area contributed by atoms with Crippen molar-refractivity contribution in [1.29, 1.82) is 0 Å². The van der Waals surface area contributed by atoms with Crippen LogP contribution in [0.3, 0.4) is 0 Å².